The third-order valence-electron chi connectivity index (χ3n) is 10.3. The molecular weight excluding hydrogens is 573 g/mol. The Morgan fingerprint density at radius 2 is 1.15 bits per heavy atom. The lowest BCUT2D eigenvalue weighted by Gasteiger charge is -2.23. The average molecular weight is 604 g/mol. The van der Waals surface area contributed by atoms with Crippen LogP contribution in [0.3, 0.4) is 0 Å². The highest BCUT2D eigenvalue weighted by molar-refractivity contribution is 7.03. The Kier molecular flexibility index (Phi) is 5.01. The Hall–Kier alpha value is -5.44. The first kappa shape index (κ1) is 24.8. The third kappa shape index (κ3) is 3.56. The van der Waals surface area contributed by atoms with Gasteiger partial charge >= 0.3 is 0 Å². The summed E-state index contributed by atoms with van der Waals surface area (Å²) in [6.45, 7) is 4.93. The summed E-state index contributed by atoms with van der Waals surface area (Å²) in [5, 5.41) is 9.65. The van der Waals surface area contributed by atoms with E-state index in [-0.39, 0.29) is 0 Å². The fraction of sp³-hybridized carbons (Fsp3) is 0.0455. The molecule has 0 saturated carbocycles. The third-order valence-corrected chi connectivity index (χ3v) is 13.9. The van der Waals surface area contributed by atoms with Crippen molar-refractivity contribution in [3.8, 4) is 56.0 Å². The van der Waals surface area contributed by atoms with Gasteiger partial charge in [-0.05, 0) is 107 Å². The Morgan fingerprint density at radius 3 is 2.11 bits per heavy atom. The molecule has 0 amide bonds. The molecule has 0 saturated heterocycles. The van der Waals surface area contributed by atoms with E-state index < -0.39 is 8.07 Å². The van der Waals surface area contributed by atoms with Crippen molar-refractivity contribution in [3.05, 3.63) is 146 Å². The van der Waals surface area contributed by atoms with Gasteiger partial charge in [-0.15, -0.1) is 0 Å². The highest BCUT2D eigenvalue weighted by Gasteiger charge is 2.37. The predicted octanol–water partition coefficient (Wildman–Crippen LogP) is 11.1. The molecule has 46 heavy (non-hydrogen) atoms. The first-order valence-electron chi connectivity index (χ1n) is 16.5. The highest BCUT2D eigenvalue weighted by atomic mass is 28.3. The highest BCUT2D eigenvalue weighted by Crippen LogP contribution is 2.50. The number of ether oxygens (including phenoxy) is 1. The molecule has 8 aromatic carbocycles. The van der Waals surface area contributed by atoms with Crippen LogP contribution in [0.5, 0.6) is 11.5 Å². The minimum atomic E-state index is -1.78. The lowest BCUT2D eigenvalue weighted by Crippen LogP contribution is -2.49. The van der Waals surface area contributed by atoms with Gasteiger partial charge in [0, 0.05) is 10.9 Å². The summed E-state index contributed by atoms with van der Waals surface area (Å²) in [6, 6.07) is 50.8. The molecule has 8 aromatic rings. The second-order valence-corrected chi connectivity index (χ2v) is 17.5. The summed E-state index contributed by atoms with van der Waals surface area (Å²) in [7, 11) is -1.78. The van der Waals surface area contributed by atoms with Crippen LogP contribution in [0.1, 0.15) is 1.37 Å². The van der Waals surface area contributed by atoms with Gasteiger partial charge in [0.15, 0.2) is 0 Å². The molecule has 2 aliphatic rings. The van der Waals surface area contributed by atoms with E-state index in [1.807, 2.05) is 6.07 Å². The van der Waals surface area contributed by atoms with Crippen LogP contribution in [-0.4, -0.2) is 8.07 Å². The van der Waals surface area contributed by atoms with E-state index in [4.69, 9.17) is 4.74 Å². The molecule has 2 heteroatoms. The summed E-state index contributed by atoms with van der Waals surface area (Å²) in [5.74, 6) is 1.61. The van der Waals surface area contributed by atoms with E-state index in [1.54, 1.807) is 0 Å². The van der Waals surface area contributed by atoms with Crippen molar-refractivity contribution >= 4 is 50.8 Å². The van der Waals surface area contributed by atoms with Gasteiger partial charge < -0.3 is 4.74 Å². The van der Waals surface area contributed by atoms with Gasteiger partial charge in [-0.2, -0.15) is 0 Å². The SMILES string of the molecule is [2H]c1c2c3c(cccc3c3cc(-c4ccc5c(c4)[Si](C)(C)c4ccccc4-5)ccc13)Oc1cc(-c3cccc4ccccc34)ccc1-2. The molecule has 2 aliphatic heterocycles. The second kappa shape index (κ2) is 9.29. The molecule has 0 atom stereocenters. The van der Waals surface area contributed by atoms with Gasteiger partial charge in [-0.25, -0.2) is 0 Å². The molecule has 0 N–H and O–H groups in total. The number of fused-ring (bicyclic) bond motifs is 8. The number of benzene rings is 8. The molecule has 0 aromatic heterocycles. The summed E-state index contributed by atoms with van der Waals surface area (Å²) in [4.78, 5) is 0. The first-order chi connectivity index (χ1) is 23.0. The van der Waals surface area contributed by atoms with Crippen LogP contribution < -0.4 is 15.1 Å². The second-order valence-electron chi connectivity index (χ2n) is 13.2. The Labute approximate surface area is 270 Å². The largest absolute Gasteiger partial charge is 0.456 e. The van der Waals surface area contributed by atoms with Crippen molar-refractivity contribution in [3.63, 3.8) is 0 Å². The van der Waals surface area contributed by atoms with Gasteiger partial charge in [-0.1, -0.05) is 128 Å². The minimum Gasteiger partial charge on any atom is -0.456 e. The first-order valence-corrected chi connectivity index (χ1v) is 19.0. The lowest BCUT2D eigenvalue weighted by atomic mass is 9.88. The number of hydrogen-bond acceptors (Lipinski definition) is 1. The van der Waals surface area contributed by atoms with E-state index in [9.17, 15) is 1.37 Å². The topological polar surface area (TPSA) is 9.23 Å². The van der Waals surface area contributed by atoms with E-state index >= 15 is 0 Å². The fourth-order valence-corrected chi connectivity index (χ4v) is 11.1. The monoisotopic (exact) mass is 603 g/mol. The average Bonchev–Trinajstić information content (AvgIpc) is 3.34. The van der Waals surface area contributed by atoms with Crippen LogP contribution in [0.25, 0.3) is 76.8 Å². The van der Waals surface area contributed by atoms with E-state index in [1.165, 1.54) is 49.0 Å². The van der Waals surface area contributed by atoms with Crippen LogP contribution in [0, 0.1) is 0 Å². The van der Waals surface area contributed by atoms with Gasteiger partial charge in [0.1, 0.15) is 19.6 Å². The standard InChI is InChI=1S/C44H30OSi/c1-46(2)42-16-6-5-12-35(42)36-22-19-29(26-43(36)46)28-17-18-30-24-39-34-21-20-31(33-13-7-10-27-9-3-4-11-32(27)33)25-41(34)45-40-15-8-14-37(44(39)40)38(30)23-28/h3-26H,1-2H3/i24D. The molecule has 10 rings (SSSR count). The van der Waals surface area contributed by atoms with Gasteiger partial charge in [0.05, 0.1) is 1.37 Å². The maximum Gasteiger partial charge on any atom is 0.135 e. The number of hydrogen-bond donors (Lipinski definition) is 0. The maximum absolute atomic E-state index is 9.56. The molecule has 0 fully saturated rings. The predicted molar refractivity (Wildman–Crippen MR) is 198 cm³/mol. The van der Waals surface area contributed by atoms with Crippen LogP contribution in [0.15, 0.2) is 146 Å². The van der Waals surface area contributed by atoms with Gasteiger partial charge in [-0.3, -0.25) is 0 Å². The Morgan fingerprint density at radius 1 is 0.457 bits per heavy atom. The lowest BCUT2D eigenvalue weighted by molar-refractivity contribution is 0.487. The summed E-state index contributed by atoms with van der Waals surface area (Å²) < 4.78 is 16.2. The molecule has 1 nitrogen and oxygen atoms in total. The molecule has 0 spiro atoms. The Balaban J connectivity index is 1.13. The van der Waals surface area contributed by atoms with Crippen LogP contribution in [0.2, 0.25) is 13.1 Å². The van der Waals surface area contributed by atoms with Gasteiger partial charge in [0.25, 0.3) is 0 Å². The molecular formula is C44H30OSi. The molecule has 0 radical (unpaired) electrons. The number of rotatable bonds is 2. The Bertz CT molecular complexity index is 2650. The normalized spacial score (nSPS) is 14.1. The van der Waals surface area contributed by atoms with Crippen molar-refractivity contribution in [1.82, 2.24) is 0 Å². The molecule has 0 aliphatic carbocycles. The molecule has 0 unspecified atom stereocenters. The quantitative estimate of drug-likeness (QED) is 0.141. The van der Waals surface area contributed by atoms with E-state index in [0.717, 1.165) is 49.7 Å². The molecule has 216 valence electrons. The van der Waals surface area contributed by atoms with Crippen LogP contribution in [0.4, 0.5) is 0 Å². The van der Waals surface area contributed by atoms with Crippen molar-refractivity contribution in [1.29, 1.82) is 0 Å². The van der Waals surface area contributed by atoms with Crippen molar-refractivity contribution in [2.24, 2.45) is 0 Å². The van der Waals surface area contributed by atoms with Crippen molar-refractivity contribution in [2.75, 3.05) is 0 Å². The summed E-state index contributed by atoms with van der Waals surface area (Å²) in [6.07, 6.45) is 0. The zero-order chi connectivity index (χ0) is 31.4. The molecule has 0 bridgehead atoms. The van der Waals surface area contributed by atoms with Crippen LogP contribution in [-0.2, 0) is 0 Å². The van der Waals surface area contributed by atoms with Crippen molar-refractivity contribution in [2.45, 2.75) is 13.1 Å². The van der Waals surface area contributed by atoms with E-state index in [0.29, 0.717) is 6.04 Å². The van der Waals surface area contributed by atoms with Gasteiger partial charge in [0.2, 0.25) is 0 Å². The molecule has 2 heterocycles. The minimum absolute atomic E-state index is 0.548. The summed E-state index contributed by atoms with van der Waals surface area (Å²) in [5.41, 5.74) is 9.40. The zero-order valence-electron chi connectivity index (χ0n) is 26.7. The fourth-order valence-electron chi connectivity index (χ4n) is 8.01. The van der Waals surface area contributed by atoms with Crippen LogP contribution >= 0.6 is 0 Å². The van der Waals surface area contributed by atoms with E-state index in [2.05, 4.69) is 147 Å². The zero-order valence-corrected chi connectivity index (χ0v) is 26.7. The summed E-state index contributed by atoms with van der Waals surface area (Å²) >= 11 is 0. The maximum atomic E-state index is 9.56. The smallest absolute Gasteiger partial charge is 0.135 e. The van der Waals surface area contributed by atoms with Crippen molar-refractivity contribution < 1.29 is 6.11 Å².